The van der Waals surface area contributed by atoms with Crippen LogP contribution in [-0.2, 0) is 0 Å². The van der Waals surface area contributed by atoms with Crippen LogP contribution >= 0.6 is 23.2 Å². The van der Waals surface area contributed by atoms with Crippen LogP contribution in [0.15, 0.2) is 95.4 Å². The molecule has 0 atom stereocenters. The molecule has 1 aromatic heterocycles. The third kappa shape index (κ3) is 6.84. The molecule has 0 aliphatic heterocycles. The highest BCUT2D eigenvalue weighted by atomic mass is 35.5. The Labute approximate surface area is 187 Å². The van der Waals surface area contributed by atoms with Gasteiger partial charge in [0.15, 0.2) is 0 Å². The predicted octanol–water partition coefficient (Wildman–Crippen LogP) is 9.17. The van der Waals surface area contributed by atoms with E-state index in [0.29, 0.717) is 10.0 Å². The van der Waals surface area contributed by atoms with Gasteiger partial charge < -0.3 is 17.3 Å². The number of rotatable bonds is 3. The fourth-order valence-corrected chi connectivity index (χ4v) is 3.39. The van der Waals surface area contributed by atoms with Gasteiger partial charge in [-0.05, 0) is 36.4 Å². The molecule has 0 bridgehead atoms. The van der Waals surface area contributed by atoms with Crippen LogP contribution in [-0.4, -0.2) is 7.25 Å². The minimum absolute atomic E-state index is 0.613. The Balaban J connectivity index is 0.000000491. The van der Waals surface area contributed by atoms with E-state index in [0.717, 1.165) is 33.8 Å². The maximum atomic E-state index is 9.75. The van der Waals surface area contributed by atoms with Crippen molar-refractivity contribution >= 4 is 30.5 Å². The van der Waals surface area contributed by atoms with Crippen molar-refractivity contribution in [2.24, 2.45) is 0 Å². The molecule has 0 N–H and O–H groups in total. The molecular formula is C23H15BCl2F4O. The molecule has 31 heavy (non-hydrogen) atoms. The van der Waals surface area contributed by atoms with Gasteiger partial charge in [0.2, 0.25) is 0 Å². The molecule has 0 radical (unpaired) electrons. The summed E-state index contributed by atoms with van der Waals surface area (Å²) in [6.45, 7) is 0. The summed E-state index contributed by atoms with van der Waals surface area (Å²) in [4.78, 5) is 0. The van der Waals surface area contributed by atoms with Gasteiger partial charge in [0.1, 0.15) is 0 Å². The van der Waals surface area contributed by atoms with Gasteiger partial charge in [0, 0.05) is 21.2 Å². The van der Waals surface area contributed by atoms with Crippen LogP contribution in [0.4, 0.5) is 17.3 Å². The van der Waals surface area contributed by atoms with E-state index in [2.05, 4.69) is 0 Å². The second-order valence-electron chi connectivity index (χ2n) is 6.43. The summed E-state index contributed by atoms with van der Waals surface area (Å²) in [6, 6.07) is 29.6. The lowest BCUT2D eigenvalue weighted by atomic mass is 10.0. The molecule has 4 aromatic rings. The van der Waals surface area contributed by atoms with Crippen LogP contribution in [0.1, 0.15) is 0 Å². The van der Waals surface area contributed by atoms with Crippen molar-refractivity contribution in [1.82, 2.24) is 0 Å². The average molecular weight is 465 g/mol. The highest BCUT2D eigenvalue weighted by Crippen LogP contribution is 2.36. The van der Waals surface area contributed by atoms with Crippen molar-refractivity contribution < 1.29 is 21.7 Å². The van der Waals surface area contributed by atoms with Gasteiger partial charge in [-0.15, -0.1) is 0 Å². The van der Waals surface area contributed by atoms with E-state index in [1.807, 2.05) is 84.9 Å². The zero-order chi connectivity index (χ0) is 22.4. The van der Waals surface area contributed by atoms with Crippen LogP contribution in [0, 0.1) is 0 Å². The van der Waals surface area contributed by atoms with Crippen LogP contribution in [0.5, 0.6) is 0 Å². The fraction of sp³-hybridized carbons (Fsp3) is 0. The standard InChI is InChI=1S/C23H15Cl2O.BF4/c24-19-11-12-20(21(25)15-19)18-13-22(16-7-3-1-4-8-16)26-23(14-18)17-9-5-2-6-10-17;2-1(3,4)5/h1-15H;/q+1;-1. The summed E-state index contributed by atoms with van der Waals surface area (Å²) in [5, 5.41) is 1.23. The Morgan fingerprint density at radius 1 is 0.581 bits per heavy atom. The lowest BCUT2D eigenvalue weighted by molar-refractivity contribution is 0.368. The highest BCUT2D eigenvalue weighted by Gasteiger charge is 2.21. The molecule has 0 unspecified atom stereocenters. The number of halogens is 6. The van der Waals surface area contributed by atoms with Crippen molar-refractivity contribution in [3.63, 3.8) is 0 Å². The van der Waals surface area contributed by atoms with E-state index in [9.17, 15) is 17.3 Å². The van der Waals surface area contributed by atoms with Gasteiger partial charge in [-0.2, -0.15) is 0 Å². The SMILES string of the molecule is Clc1ccc(-c2cc(-c3ccccc3)[o+]c(-c3ccccc3)c2)c(Cl)c1.F[B-](F)(F)F. The Kier molecular flexibility index (Phi) is 7.36. The largest absolute Gasteiger partial charge is 0.673 e. The predicted molar refractivity (Wildman–Crippen MR) is 120 cm³/mol. The first kappa shape index (κ1) is 22.9. The molecular weight excluding hydrogens is 450 g/mol. The molecule has 0 amide bonds. The monoisotopic (exact) mass is 464 g/mol. The summed E-state index contributed by atoms with van der Waals surface area (Å²) < 4.78 is 45.2. The van der Waals surface area contributed by atoms with E-state index in [1.54, 1.807) is 6.07 Å². The molecule has 0 saturated carbocycles. The van der Waals surface area contributed by atoms with E-state index >= 15 is 0 Å². The first-order valence-corrected chi connectivity index (χ1v) is 9.88. The summed E-state index contributed by atoms with van der Waals surface area (Å²) in [5.74, 6) is 1.57. The van der Waals surface area contributed by atoms with E-state index in [1.165, 1.54) is 0 Å². The van der Waals surface area contributed by atoms with Crippen LogP contribution in [0.25, 0.3) is 33.8 Å². The van der Waals surface area contributed by atoms with Gasteiger partial charge in [-0.1, -0.05) is 65.7 Å². The van der Waals surface area contributed by atoms with Gasteiger partial charge >= 0.3 is 18.8 Å². The minimum Gasteiger partial charge on any atom is -0.418 e. The normalized spacial score (nSPS) is 10.9. The maximum Gasteiger partial charge on any atom is 0.673 e. The zero-order valence-corrected chi connectivity index (χ0v) is 17.4. The Hall–Kier alpha value is -2.83. The second-order valence-corrected chi connectivity index (χ2v) is 7.27. The van der Waals surface area contributed by atoms with Crippen LogP contribution in [0.3, 0.4) is 0 Å². The Morgan fingerprint density at radius 2 is 1.03 bits per heavy atom. The number of hydrogen-bond donors (Lipinski definition) is 0. The molecule has 158 valence electrons. The van der Waals surface area contributed by atoms with Crippen molar-refractivity contribution in [1.29, 1.82) is 0 Å². The van der Waals surface area contributed by atoms with Crippen molar-refractivity contribution in [2.75, 3.05) is 0 Å². The molecule has 0 fully saturated rings. The zero-order valence-electron chi connectivity index (χ0n) is 15.9. The third-order valence-corrected chi connectivity index (χ3v) is 4.70. The van der Waals surface area contributed by atoms with Gasteiger partial charge in [0.25, 0.3) is 0 Å². The van der Waals surface area contributed by atoms with Crippen LogP contribution in [0.2, 0.25) is 10.0 Å². The lowest BCUT2D eigenvalue weighted by Gasteiger charge is -2.05. The first-order valence-electron chi connectivity index (χ1n) is 9.12. The Bertz CT molecular complexity index is 1090. The topological polar surface area (TPSA) is 11.3 Å². The minimum atomic E-state index is -6.00. The fourth-order valence-electron chi connectivity index (χ4n) is 2.87. The Morgan fingerprint density at radius 3 is 1.45 bits per heavy atom. The average Bonchev–Trinajstić information content (AvgIpc) is 2.73. The van der Waals surface area contributed by atoms with Crippen LogP contribution < -0.4 is 0 Å². The number of hydrogen-bond acceptors (Lipinski definition) is 0. The molecule has 8 heteroatoms. The van der Waals surface area contributed by atoms with Gasteiger partial charge in [-0.25, -0.2) is 4.42 Å². The lowest BCUT2D eigenvalue weighted by Crippen LogP contribution is -2.02. The smallest absolute Gasteiger partial charge is 0.418 e. The molecule has 0 saturated heterocycles. The second kappa shape index (κ2) is 9.99. The molecule has 0 aliphatic carbocycles. The summed E-state index contributed by atoms with van der Waals surface area (Å²) in [5.41, 5.74) is 3.92. The van der Waals surface area contributed by atoms with Crippen molar-refractivity contribution in [3.05, 3.63) is 101 Å². The quantitative estimate of drug-likeness (QED) is 0.167. The molecule has 0 aliphatic rings. The van der Waals surface area contributed by atoms with E-state index in [-0.39, 0.29) is 0 Å². The van der Waals surface area contributed by atoms with Crippen molar-refractivity contribution in [3.8, 4) is 33.8 Å². The molecule has 0 spiro atoms. The summed E-state index contributed by atoms with van der Waals surface area (Å²) >= 11 is 12.5. The highest BCUT2D eigenvalue weighted by molar-refractivity contribution is 6.50. The maximum absolute atomic E-state index is 9.75. The van der Waals surface area contributed by atoms with Gasteiger partial charge in [0.05, 0.1) is 23.3 Å². The van der Waals surface area contributed by atoms with Crippen molar-refractivity contribution in [2.45, 2.75) is 0 Å². The molecule has 4 rings (SSSR count). The molecule has 3 aromatic carbocycles. The molecule has 1 nitrogen and oxygen atoms in total. The summed E-state index contributed by atoms with van der Waals surface area (Å²) in [7, 11) is -6.00. The van der Waals surface area contributed by atoms with E-state index in [4.69, 9.17) is 27.6 Å². The summed E-state index contributed by atoms with van der Waals surface area (Å²) in [6.07, 6.45) is 0. The van der Waals surface area contributed by atoms with E-state index < -0.39 is 7.25 Å². The van der Waals surface area contributed by atoms with Gasteiger partial charge in [-0.3, -0.25) is 0 Å². The third-order valence-electron chi connectivity index (χ3n) is 4.15. The molecule has 1 heterocycles. The first-order chi connectivity index (χ1) is 14.7. The number of benzene rings is 3.